The zero-order valence-corrected chi connectivity index (χ0v) is 14.8. The molecule has 0 bridgehead atoms. The molecule has 3 heterocycles. The summed E-state index contributed by atoms with van der Waals surface area (Å²) >= 11 is 1.68. The van der Waals surface area contributed by atoms with E-state index in [4.69, 9.17) is 0 Å². The van der Waals surface area contributed by atoms with E-state index in [1.165, 1.54) is 9.56 Å². The van der Waals surface area contributed by atoms with Crippen LogP contribution in [0.1, 0.15) is 41.2 Å². The minimum Gasteiger partial charge on any atom is -0.329 e. The molecule has 0 saturated carbocycles. The van der Waals surface area contributed by atoms with Gasteiger partial charge in [-0.25, -0.2) is 4.68 Å². The van der Waals surface area contributed by atoms with Gasteiger partial charge in [-0.05, 0) is 37.3 Å². The van der Waals surface area contributed by atoms with Crippen molar-refractivity contribution in [2.24, 2.45) is 0 Å². The van der Waals surface area contributed by atoms with Crippen molar-refractivity contribution in [3.63, 3.8) is 0 Å². The van der Waals surface area contributed by atoms with E-state index in [0.29, 0.717) is 23.0 Å². The molecule has 0 unspecified atom stereocenters. The summed E-state index contributed by atoms with van der Waals surface area (Å²) in [6.45, 7) is 3.03. The number of fused-ring (bicyclic) bond motifs is 1. The molecule has 5 nitrogen and oxygen atoms in total. The summed E-state index contributed by atoms with van der Waals surface area (Å²) in [6.07, 6.45) is 1.96. The molecule has 2 aromatic heterocycles. The Morgan fingerprint density at radius 2 is 2.04 bits per heavy atom. The van der Waals surface area contributed by atoms with Gasteiger partial charge in [0.25, 0.3) is 11.5 Å². The summed E-state index contributed by atoms with van der Waals surface area (Å²) in [4.78, 5) is 28.9. The van der Waals surface area contributed by atoms with E-state index in [1.54, 1.807) is 17.4 Å². The fourth-order valence-corrected chi connectivity index (χ4v) is 4.40. The first-order valence-electron chi connectivity index (χ1n) is 8.55. The van der Waals surface area contributed by atoms with Crippen molar-refractivity contribution in [2.75, 3.05) is 6.54 Å². The Bertz CT molecular complexity index is 978. The molecule has 1 atom stereocenters. The van der Waals surface area contributed by atoms with E-state index in [9.17, 15) is 9.59 Å². The van der Waals surface area contributed by atoms with Gasteiger partial charge in [0, 0.05) is 23.4 Å². The molecule has 0 spiro atoms. The summed E-state index contributed by atoms with van der Waals surface area (Å²) in [7, 11) is 0. The average Bonchev–Trinajstić information content (AvgIpc) is 3.33. The fraction of sp³-hybridized carbons (Fsp3) is 0.316. The van der Waals surface area contributed by atoms with Crippen LogP contribution >= 0.6 is 11.3 Å². The molecule has 25 heavy (non-hydrogen) atoms. The highest BCUT2D eigenvalue weighted by atomic mass is 32.1. The molecular formula is C19H19N3O2S. The monoisotopic (exact) mass is 353 g/mol. The quantitative estimate of drug-likeness (QED) is 0.725. The van der Waals surface area contributed by atoms with E-state index < -0.39 is 0 Å². The summed E-state index contributed by atoms with van der Waals surface area (Å²) < 4.78 is 1.38. The Balaban J connectivity index is 1.82. The second-order valence-corrected chi connectivity index (χ2v) is 7.17. The molecule has 128 valence electrons. The number of hydrogen-bond acceptors (Lipinski definition) is 4. The SMILES string of the molecule is CCn1nc(C(=O)N2CCC[C@@H]2c2cccs2)c2ccccc2c1=O. The van der Waals surface area contributed by atoms with Crippen molar-refractivity contribution in [1.82, 2.24) is 14.7 Å². The standard InChI is InChI=1S/C19H19N3O2S/c1-2-22-18(23)14-8-4-3-7-13(14)17(20-22)19(24)21-11-5-9-15(21)16-10-6-12-25-16/h3-4,6-8,10,12,15H,2,5,9,11H2,1H3/t15-/m1/s1. The van der Waals surface area contributed by atoms with Gasteiger partial charge in [-0.2, -0.15) is 5.10 Å². The molecule has 0 N–H and O–H groups in total. The highest BCUT2D eigenvalue weighted by Crippen LogP contribution is 2.35. The zero-order chi connectivity index (χ0) is 17.4. The first kappa shape index (κ1) is 16.0. The minimum atomic E-state index is -0.147. The van der Waals surface area contributed by atoms with E-state index in [1.807, 2.05) is 41.5 Å². The van der Waals surface area contributed by atoms with Gasteiger partial charge in [0.2, 0.25) is 0 Å². The number of likely N-dealkylation sites (tertiary alicyclic amines) is 1. The molecule has 0 radical (unpaired) electrons. The number of aromatic nitrogens is 2. The van der Waals surface area contributed by atoms with Crippen molar-refractivity contribution in [1.29, 1.82) is 0 Å². The summed E-state index contributed by atoms with van der Waals surface area (Å²) in [5.74, 6) is -0.0886. The van der Waals surface area contributed by atoms with Crippen LogP contribution in [0.4, 0.5) is 0 Å². The highest BCUT2D eigenvalue weighted by Gasteiger charge is 2.33. The Kier molecular flexibility index (Phi) is 4.13. The van der Waals surface area contributed by atoms with Gasteiger partial charge in [-0.3, -0.25) is 9.59 Å². The van der Waals surface area contributed by atoms with Crippen molar-refractivity contribution < 1.29 is 4.79 Å². The summed E-state index contributed by atoms with van der Waals surface area (Å²) in [5, 5.41) is 7.63. The fourth-order valence-electron chi connectivity index (χ4n) is 3.53. The van der Waals surface area contributed by atoms with Crippen LogP contribution in [-0.2, 0) is 6.54 Å². The first-order valence-corrected chi connectivity index (χ1v) is 9.43. The topological polar surface area (TPSA) is 55.2 Å². The molecule has 1 fully saturated rings. The van der Waals surface area contributed by atoms with Crippen LogP contribution in [0.25, 0.3) is 10.8 Å². The molecular weight excluding hydrogens is 334 g/mol. The van der Waals surface area contributed by atoms with Gasteiger partial charge in [-0.1, -0.05) is 24.3 Å². The average molecular weight is 353 g/mol. The van der Waals surface area contributed by atoms with Gasteiger partial charge in [-0.15, -0.1) is 11.3 Å². The third kappa shape index (κ3) is 2.66. The summed E-state index contributed by atoms with van der Waals surface area (Å²) in [6, 6.07) is 11.5. The molecule has 3 aromatic rings. The van der Waals surface area contributed by atoms with E-state index in [-0.39, 0.29) is 17.5 Å². The maximum atomic E-state index is 13.3. The van der Waals surface area contributed by atoms with Crippen LogP contribution in [0.15, 0.2) is 46.6 Å². The number of carbonyl (C=O) groups excluding carboxylic acids is 1. The number of rotatable bonds is 3. The van der Waals surface area contributed by atoms with Crippen molar-refractivity contribution in [3.8, 4) is 0 Å². The lowest BCUT2D eigenvalue weighted by atomic mass is 10.1. The lowest BCUT2D eigenvalue weighted by Crippen LogP contribution is -2.34. The van der Waals surface area contributed by atoms with Crippen LogP contribution in [-0.4, -0.2) is 27.1 Å². The largest absolute Gasteiger partial charge is 0.329 e. The Morgan fingerprint density at radius 1 is 1.24 bits per heavy atom. The van der Waals surface area contributed by atoms with Crippen molar-refractivity contribution in [2.45, 2.75) is 32.4 Å². The van der Waals surface area contributed by atoms with E-state index >= 15 is 0 Å². The van der Waals surface area contributed by atoms with E-state index in [2.05, 4.69) is 11.2 Å². The number of hydrogen-bond donors (Lipinski definition) is 0. The highest BCUT2D eigenvalue weighted by molar-refractivity contribution is 7.10. The second kappa shape index (κ2) is 6.44. The van der Waals surface area contributed by atoms with Gasteiger partial charge >= 0.3 is 0 Å². The number of amides is 1. The number of aryl methyl sites for hydroxylation is 1. The van der Waals surface area contributed by atoms with Gasteiger partial charge in [0.15, 0.2) is 5.69 Å². The maximum absolute atomic E-state index is 13.3. The second-order valence-electron chi connectivity index (χ2n) is 6.19. The Hall–Kier alpha value is -2.47. The third-order valence-corrected chi connectivity index (χ3v) is 5.73. The Labute approximate surface area is 149 Å². The van der Waals surface area contributed by atoms with Crippen LogP contribution in [0, 0.1) is 0 Å². The molecule has 1 aliphatic rings. The minimum absolute atomic E-state index is 0.0886. The first-order chi connectivity index (χ1) is 12.2. The van der Waals surface area contributed by atoms with Crippen molar-refractivity contribution in [3.05, 3.63) is 62.7 Å². The number of benzene rings is 1. The molecule has 1 aliphatic heterocycles. The van der Waals surface area contributed by atoms with Gasteiger partial charge < -0.3 is 4.90 Å². The number of nitrogens with zero attached hydrogens (tertiary/aromatic N) is 3. The van der Waals surface area contributed by atoms with Gasteiger partial charge in [0.1, 0.15) is 0 Å². The molecule has 1 saturated heterocycles. The van der Waals surface area contributed by atoms with Crippen molar-refractivity contribution >= 4 is 28.0 Å². The molecule has 1 aromatic carbocycles. The van der Waals surface area contributed by atoms with E-state index in [0.717, 1.165) is 19.4 Å². The third-order valence-electron chi connectivity index (χ3n) is 4.76. The molecule has 4 rings (SSSR count). The summed E-state index contributed by atoms with van der Waals surface area (Å²) in [5.41, 5.74) is 0.228. The van der Waals surface area contributed by atoms with Crippen LogP contribution in [0.2, 0.25) is 0 Å². The lowest BCUT2D eigenvalue weighted by Gasteiger charge is -2.24. The molecule has 6 heteroatoms. The predicted molar refractivity (Wildman–Crippen MR) is 99.0 cm³/mol. The zero-order valence-electron chi connectivity index (χ0n) is 14.0. The normalized spacial score (nSPS) is 17.3. The number of carbonyl (C=O) groups is 1. The van der Waals surface area contributed by atoms with Gasteiger partial charge in [0.05, 0.1) is 11.4 Å². The molecule has 1 amide bonds. The Morgan fingerprint density at radius 3 is 2.76 bits per heavy atom. The van der Waals surface area contributed by atoms with Crippen LogP contribution in [0.3, 0.4) is 0 Å². The maximum Gasteiger partial charge on any atom is 0.275 e. The van der Waals surface area contributed by atoms with Crippen LogP contribution < -0.4 is 5.56 Å². The lowest BCUT2D eigenvalue weighted by molar-refractivity contribution is 0.0731. The molecule has 0 aliphatic carbocycles. The number of thiophene rings is 1. The van der Waals surface area contributed by atoms with Crippen LogP contribution in [0.5, 0.6) is 0 Å². The smallest absolute Gasteiger partial charge is 0.275 e. The predicted octanol–water partition coefficient (Wildman–Crippen LogP) is 3.46.